The lowest BCUT2D eigenvalue weighted by Gasteiger charge is -2.17. The molecule has 0 aromatic carbocycles. The minimum absolute atomic E-state index is 0.0191. The van der Waals surface area contributed by atoms with Gasteiger partial charge in [-0.3, -0.25) is 4.57 Å². The molecule has 4 heteroatoms. The zero-order valence-electron chi connectivity index (χ0n) is 8.74. The summed E-state index contributed by atoms with van der Waals surface area (Å²) in [5.74, 6) is 0. The first kappa shape index (κ1) is 10.0. The molecule has 0 unspecified atom stereocenters. The third-order valence-electron chi connectivity index (χ3n) is 1.89. The van der Waals surface area contributed by atoms with Crippen molar-refractivity contribution in [1.29, 1.82) is 0 Å². The van der Waals surface area contributed by atoms with Gasteiger partial charge in [0.05, 0.1) is 0 Å². The number of aromatic nitrogens is 3. The van der Waals surface area contributed by atoms with Crippen molar-refractivity contribution in [1.82, 2.24) is 14.3 Å². The second-order valence-corrected chi connectivity index (χ2v) is 4.18. The van der Waals surface area contributed by atoms with Gasteiger partial charge in [0.1, 0.15) is 6.33 Å². The van der Waals surface area contributed by atoms with Crippen LogP contribution < -0.4 is 5.69 Å². The van der Waals surface area contributed by atoms with E-state index in [0.717, 1.165) is 6.42 Å². The van der Waals surface area contributed by atoms with Gasteiger partial charge in [0.25, 0.3) is 0 Å². The van der Waals surface area contributed by atoms with Crippen LogP contribution in [0.1, 0.15) is 34.1 Å². The second kappa shape index (κ2) is 3.36. The summed E-state index contributed by atoms with van der Waals surface area (Å²) in [6.45, 7) is 8.70. The Kier molecular flexibility index (Phi) is 2.59. The van der Waals surface area contributed by atoms with Crippen molar-refractivity contribution >= 4 is 0 Å². The van der Waals surface area contributed by atoms with E-state index in [2.05, 4.69) is 5.10 Å². The molecular weight excluding hydrogens is 166 g/mol. The fourth-order valence-electron chi connectivity index (χ4n) is 1.16. The summed E-state index contributed by atoms with van der Waals surface area (Å²) in [7, 11) is 0. The van der Waals surface area contributed by atoms with Crippen molar-refractivity contribution in [2.45, 2.75) is 46.2 Å². The van der Waals surface area contributed by atoms with E-state index >= 15 is 0 Å². The molecule has 0 saturated carbocycles. The Morgan fingerprint density at radius 1 is 1.46 bits per heavy atom. The Morgan fingerprint density at radius 2 is 2.08 bits per heavy atom. The van der Waals surface area contributed by atoms with Crippen molar-refractivity contribution in [2.24, 2.45) is 0 Å². The van der Waals surface area contributed by atoms with Crippen LogP contribution in [0.4, 0.5) is 0 Å². The monoisotopic (exact) mass is 183 g/mol. The van der Waals surface area contributed by atoms with Crippen LogP contribution in [0, 0.1) is 0 Å². The van der Waals surface area contributed by atoms with Gasteiger partial charge in [-0.05, 0) is 27.2 Å². The van der Waals surface area contributed by atoms with Crippen LogP contribution in [0.25, 0.3) is 0 Å². The van der Waals surface area contributed by atoms with E-state index in [9.17, 15) is 4.79 Å². The Morgan fingerprint density at radius 3 is 2.46 bits per heavy atom. The number of hydrogen-bond acceptors (Lipinski definition) is 2. The Balaban J connectivity index is 3.07. The van der Waals surface area contributed by atoms with Gasteiger partial charge in [-0.25, -0.2) is 9.48 Å². The fraction of sp³-hybridized carbons (Fsp3) is 0.778. The van der Waals surface area contributed by atoms with E-state index in [1.54, 1.807) is 10.9 Å². The van der Waals surface area contributed by atoms with Crippen molar-refractivity contribution in [3.8, 4) is 0 Å². The predicted octanol–water partition coefficient (Wildman–Crippen LogP) is 1.21. The largest absolute Gasteiger partial charge is 0.346 e. The molecule has 0 aliphatic carbocycles. The van der Waals surface area contributed by atoms with E-state index < -0.39 is 0 Å². The summed E-state index contributed by atoms with van der Waals surface area (Å²) in [6, 6.07) is 0. The maximum Gasteiger partial charge on any atom is 0.346 e. The van der Waals surface area contributed by atoms with Crippen molar-refractivity contribution in [2.75, 3.05) is 0 Å². The summed E-state index contributed by atoms with van der Waals surface area (Å²) in [5, 5.41) is 4.04. The van der Waals surface area contributed by atoms with Gasteiger partial charge >= 0.3 is 5.69 Å². The molecule has 1 heterocycles. The normalized spacial score (nSPS) is 12.0. The first-order valence-corrected chi connectivity index (χ1v) is 4.61. The van der Waals surface area contributed by atoms with Crippen LogP contribution in [-0.2, 0) is 12.1 Å². The summed E-state index contributed by atoms with van der Waals surface area (Å²) in [5.41, 5.74) is -0.197. The zero-order valence-corrected chi connectivity index (χ0v) is 8.74. The first-order chi connectivity index (χ1) is 5.96. The van der Waals surface area contributed by atoms with Crippen molar-refractivity contribution in [3.63, 3.8) is 0 Å². The van der Waals surface area contributed by atoms with E-state index in [-0.39, 0.29) is 11.2 Å². The maximum absolute atomic E-state index is 11.7. The lowest BCUT2D eigenvalue weighted by atomic mass is 10.1. The van der Waals surface area contributed by atoms with E-state index in [1.807, 2.05) is 27.7 Å². The molecule has 0 aliphatic rings. The van der Waals surface area contributed by atoms with Gasteiger partial charge in [-0.1, -0.05) is 6.92 Å². The summed E-state index contributed by atoms with van der Waals surface area (Å²) in [4.78, 5) is 11.7. The molecular formula is C9H17N3O. The molecule has 0 N–H and O–H groups in total. The van der Waals surface area contributed by atoms with Gasteiger partial charge < -0.3 is 0 Å². The third-order valence-corrected chi connectivity index (χ3v) is 1.89. The molecule has 1 rings (SSSR count). The van der Waals surface area contributed by atoms with Crippen LogP contribution in [0.15, 0.2) is 11.1 Å². The van der Waals surface area contributed by atoms with Gasteiger partial charge in [-0.2, -0.15) is 5.10 Å². The zero-order chi connectivity index (χ0) is 10.1. The van der Waals surface area contributed by atoms with Gasteiger partial charge in [-0.15, -0.1) is 0 Å². The third kappa shape index (κ3) is 1.99. The SMILES string of the molecule is CCCn1ncn(C(C)(C)C)c1=O. The molecule has 13 heavy (non-hydrogen) atoms. The highest BCUT2D eigenvalue weighted by Crippen LogP contribution is 2.08. The summed E-state index contributed by atoms with van der Waals surface area (Å²) in [6.07, 6.45) is 2.54. The molecule has 0 spiro atoms. The van der Waals surface area contributed by atoms with Gasteiger partial charge in [0.2, 0.25) is 0 Å². The molecule has 0 atom stereocenters. The number of rotatable bonds is 2. The lowest BCUT2D eigenvalue weighted by molar-refractivity contribution is 0.378. The van der Waals surface area contributed by atoms with Gasteiger partial charge in [0, 0.05) is 12.1 Å². The molecule has 4 nitrogen and oxygen atoms in total. The number of nitrogens with zero attached hydrogens (tertiary/aromatic N) is 3. The van der Waals surface area contributed by atoms with Crippen molar-refractivity contribution < 1.29 is 0 Å². The van der Waals surface area contributed by atoms with E-state index in [4.69, 9.17) is 0 Å². The molecule has 0 amide bonds. The lowest BCUT2D eigenvalue weighted by Crippen LogP contribution is -2.34. The molecule has 0 bridgehead atoms. The van der Waals surface area contributed by atoms with Crippen LogP contribution in [-0.4, -0.2) is 14.3 Å². The molecule has 0 aliphatic heterocycles. The standard InChI is InChI=1S/C9H17N3O/c1-5-6-12-8(13)11(7-10-12)9(2,3)4/h7H,5-6H2,1-4H3. The van der Waals surface area contributed by atoms with Crippen LogP contribution in [0.5, 0.6) is 0 Å². The molecule has 1 aromatic rings. The summed E-state index contributed by atoms with van der Waals surface area (Å²) >= 11 is 0. The van der Waals surface area contributed by atoms with Gasteiger partial charge in [0.15, 0.2) is 0 Å². The highest BCUT2D eigenvalue weighted by Gasteiger charge is 2.17. The molecule has 0 fully saturated rings. The molecule has 0 saturated heterocycles. The van der Waals surface area contributed by atoms with Crippen LogP contribution in [0.3, 0.4) is 0 Å². The minimum Gasteiger partial charge on any atom is -0.276 e. The second-order valence-electron chi connectivity index (χ2n) is 4.18. The Bertz CT molecular complexity index is 329. The quantitative estimate of drug-likeness (QED) is 0.691. The minimum atomic E-state index is -0.178. The van der Waals surface area contributed by atoms with E-state index in [0.29, 0.717) is 6.54 Å². The molecule has 1 aromatic heterocycles. The smallest absolute Gasteiger partial charge is 0.276 e. The maximum atomic E-state index is 11.7. The first-order valence-electron chi connectivity index (χ1n) is 4.61. The fourth-order valence-corrected chi connectivity index (χ4v) is 1.16. The highest BCUT2D eigenvalue weighted by atomic mass is 16.2. The number of aryl methyl sites for hydroxylation is 1. The Labute approximate surface area is 78.2 Å². The number of hydrogen-bond donors (Lipinski definition) is 0. The topological polar surface area (TPSA) is 39.8 Å². The average molecular weight is 183 g/mol. The predicted molar refractivity (Wildman–Crippen MR) is 51.8 cm³/mol. The van der Waals surface area contributed by atoms with Crippen LogP contribution >= 0.6 is 0 Å². The van der Waals surface area contributed by atoms with Crippen LogP contribution in [0.2, 0.25) is 0 Å². The average Bonchev–Trinajstić information content (AvgIpc) is 2.32. The van der Waals surface area contributed by atoms with Crippen molar-refractivity contribution in [3.05, 3.63) is 16.8 Å². The highest BCUT2D eigenvalue weighted by molar-refractivity contribution is 4.79. The van der Waals surface area contributed by atoms with E-state index in [1.165, 1.54) is 4.68 Å². The molecule has 74 valence electrons. The summed E-state index contributed by atoms with van der Waals surface area (Å²) < 4.78 is 3.16. The Hall–Kier alpha value is -1.06. The molecule has 0 radical (unpaired) electrons.